The minimum Gasteiger partial charge on any atom is -0.391 e. The van der Waals surface area contributed by atoms with Crippen LogP contribution in [0.25, 0.3) is 0 Å². The average Bonchev–Trinajstić information content (AvgIpc) is 2.74. The molecule has 1 heterocycles. The summed E-state index contributed by atoms with van der Waals surface area (Å²) in [7, 11) is 0. The van der Waals surface area contributed by atoms with Crippen molar-refractivity contribution in [2.45, 2.75) is 39.0 Å². The van der Waals surface area contributed by atoms with Gasteiger partial charge in [0.1, 0.15) is 0 Å². The molecule has 3 nitrogen and oxygen atoms in total. The summed E-state index contributed by atoms with van der Waals surface area (Å²) < 4.78 is 0. The van der Waals surface area contributed by atoms with Crippen LogP contribution in [0.5, 0.6) is 0 Å². The highest BCUT2D eigenvalue weighted by atomic mass is 35.5. The number of β-amino-alcohol motifs (C(OH)–C–C–N with tert-alkyl or cyclic N) is 1. The second kappa shape index (κ2) is 5.91. The van der Waals surface area contributed by atoms with Gasteiger partial charge in [-0.2, -0.15) is 0 Å². The van der Waals surface area contributed by atoms with Crippen molar-refractivity contribution < 1.29 is 5.11 Å². The first-order chi connectivity index (χ1) is 8.56. The summed E-state index contributed by atoms with van der Waals surface area (Å²) in [5.74, 6) is 0. The highest BCUT2D eigenvalue weighted by molar-refractivity contribution is 6.31. The van der Waals surface area contributed by atoms with Crippen LogP contribution in [0.15, 0.2) is 18.2 Å². The van der Waals surface area contributed by atoms with Crippen molar-refractivity contribution in [3.63, 3.8) is 0 Å². The van der Waals surface area contributed by atoms with Crippen molar-refractivity contribution >= 4 is 17.3 Å². The molecule has 100 valence electrons. The van der Waals surface area contributed by atoms with Gasteiger partial charge in [-0.3, -0.25) is 0 Å². The van der Waals surface area contributed by atoms with Crippen molar-refractivity contribution in [3.05, 3.63) is 28.8 Å². The number of nitrogens with one attached hydrogen (secondary N) is 1. The normalized spacial score (nSPS) is 19.8. The zero-order chi connectivity index (χ0) is 13.1. The zero-order valence-electron chi connectivity index (χ0n) is 11.0. The Morgan fingerprint density at radius 1 is 1.50 bits per heavy atom. The highest BCUT2D eigenvalue weighted by Gasteiger charge is 2.20. The van der Waals surface area contributed by atoms with E-state index in [1.54, 1.807) is 0 Å². The fourth-order valence-electron chi connectivity index (χ4n) is 2.17. The van der Waals surface area contributed by atoms with Gasteiger partial charge in [-0.05, 0) is 24.1 Å². The lowest BCUT2D eigenvalue weighted by molar-refractivity contribution is 0.198. The first kappa shape index (κ1) is 13.7. The summed E-state index contributed by atoms with van der Waals surface area (Å²) in [4.78, 5) is 2.18. The molecule has 18 heavy (non-hydrogen) atoms. The Balaban J connectivity index is 2.05. The van der Waals surface area contributed by atoms with Gasteiger partial charge in [-0.1, -0.05) is 31.5 Å². The number of aliphatic hydroxyl groups excluding tert-OH is 1. The van der Waals surface area contributed by atoms with Gasteiger partial charge < -0.3 is 15.3 Å². The molecule has 1 aliphatic rings. The van der Waals surface area contributed by atoms with E-state index in [-0.39, 0.29) is 6.10 Å². The van der Waals surface area contributed by atoms with Crippen LogP contribution in [0.2, 0.25) is 5.02 Å². The first-order valence-electron chi connectivity index (χ1n) is 6.51. The Kier molecular flexibility index (Phi) is 4.49. The number of rotatable bonds is 4. The molecule has 1 aliphatic heterocycles. The molecule has 0 bridgehead atoms. The van der Waals surface area contributed by atoms with E-state index in [0.717, 1.165) is 35.8 Å². The van der Waals surface area contributed by atoms with Crippen LogP contribution < -0.4 is 10.2 Å². The van der Waals surface area contributed by atoms with Gasteiger partial charge in [-0.15, -0.1) is 0 Å². The number of nitrogens with zero attached hydrogens (tertiary/aromatic N) is 1. The maximum atomic E-state index is 9.55. The lowest BCUT2D eigenvalue weighted by atomic mass is 10.2. The van der Waals surface area contributed by atoms with E-state index in [4.69, 9.17) is 11.6 Å². The van der Waals surface area contributed by atoms with Crippen LogP contribution in [-0.2, 0) is 6.54 Å². The maximum Gasteiger partial charge on any atom is 0.0731 e. The van der Waals surface area contributed by atoms with E-state index in [0.29, 0.717) is 12.6 Å². The van der Waals surface area contributed by atoms with Crippen molar-refractivity contribution in [2.24, 2.45) is 0 Å². The summed E-state index contributed by atoms with van der Waals surface area (Å²) in [6, 6.07) is 6.60. The molecule has 2 rings (SSSR count). The molecule has 0 amide bonds. The summed E-state index contributed by atoms with van der Waals surface area (Å²) in [5, 5.41) is 13.7. The average molecular weight is 269 g/mol. The molecule has 2 N–H and O–H groups in total. The van der Waals surface area contributed by atoms with Crippen LogP contribution in [-0.4, -0.2) is 30.3 Å². The molecule has 0 aromatic heterocycles. The van der Waals surface area contributed by atoms with Gasteiger partial charge in [0.05, 0.1) is 6.10 Å². The fraction of sp³-hybridized carbons (Fsp3) is 0.571. The number of halogens is 1. The lowest BCUT2D eigenvalue weighted by Crippen LogP contribution is -2.23. The largest absolute Gasteiger partial charge is 0.391 e. The van der Waals surface area contributed by atoms with Gasteiger partial charge in [0, 0.05) is 36.4 Å². The summed E-state index contributed by atoms with van der Waals surface area (Å²) >= 11 is 6.30. The molecular weight excluding hydrogens is 248 g/mol. The van der Waals surface area contributed by atoms with E-state index in [2.05, 4.69) is 36.2 Å². The summed E-state index contributed by atoms with van der Waals surface area (Å²) in [6.45, 7) is 6.64. The molecular formula is C14H21ClN2O. The predicted molar refractivity (Wildman–Crippen MR) is 76.3 cm³/mol. The third kappa shape index (κ3) is 3.37. The van der Waals surface area contributed by atoms with Crippen LogP contribution >= 0.6 is 11.6 Å². The van der Waals surface area contributed by atoms with Crippen molar-refractivity contribution in [3.8, 4) is 0 Å². The smallest absolute Gasteiger partial charge is 0.0731 e. The van der Waals surface area contributed by atoms with Crippen LogP contribution in [0.1, 0.15) is 25.8 Å². The predicted octanol–water partition coefficient (Wildman–Crippen LogP) is 2.41. The Morgan fingerprint density at radius 3 is 2.83 bits per heavy atom. The number of hydrogen-bond acceptors (Lipinski definition) is 3. The Bertz CT molecular complexity index is 409. The Labute approximate surface area is 114 Å². The third-order valence-corrected chi connectivity index (χ3v) is 3.62. The minimum atomic E-state index is -0.203. The lowest BCUT2D eigenvalue weighted by Gasteiger charge is -2.19. The number of aliphatic hydroxyl groups is 1. The second-order valence-corrected chi connectivity index (χ2v) is 5.61. The maximum absolute atomic E-state index is 9.55. The number of hydrogen-bond donors (Lipinski definition) is 2. The minimum absolute atomic E-state index is 0.203. The van der Waals surface area contributed by atoms with E-state index >= 15 is 0 Å². The van der Waals surface area contributed by atoms with E-state index in [1.165, 1.54) is 0 Å². The number of benzene rings is 1. The molecule has 4 heteroatoms. The molecule has 1 fully saturated rings. The van der Waals surface area contributed by atoms with E-state index in [9.17, 15) is 5.11 Å². The Morgan fingerprint density at radius 2 is 2.28 bits per heavy atom. The molecule has 1 aromatic rings. The van der Waals surface area contributed by atoms with Crippen molar-refractivity contribution in [2.75, 3.05) is 18.0 Å². The van der Waals surface area contributed by atoms with Crippen LogP contribution in [0.3, 0.4) is 0 Å². The second-order valence-electron chi connectivity index (χ2n) is 5.20. The summed E-state index contributed by atoms with van der Waals surface area (Å²) in [6.07, 6.45) is 0.639. The van der Waals surface area contributed by atoms with Gasteiger partial charge in [0.2, 0.25) is 0 Å². The third-order valence-electron chi connectivity index (χ3n) is 3.27. The van der Waals surface area contributed by atoms with E-state index in [1.807, 2.05) is 6.07 Å². The molecule has 1 unspecified atom stereocenters. The molecule has 1 aromatic carbocycles. The Hall–Kier alpha value is -0.770. The molecule has 1 saturated heterocycles. The zero-order valence-corrected chi connectivity index (χ0v) is 11.7. The van der Waals surface area contributed by atoms with Crippen LogP contribution in [0.4, 0.5) is 5.69 Å². The standard InChI is InChI=1S/C14H21ClN2O/c1-10(2)16-8-11-3-4-12(7-14(11)15)17-6-5-13(18)9-17/h3-4,7,10,13,16,18H,5-6,8-9H2,1-2H3. The first-order valence-corrected chi connectivity index (χ1v) is 6.89. The number of anilines is 1. The van der Waals surface area contributed by atoms with Gasteiger partial charge in [-0.25, -0.2) is 0 Å². The quantitative estimate of drug-likeness (QED) is 0.880. The molecule has 0 spiro atoms. The molecule has 0 aliphatic carbocycles. The van der Waals surface area contributed by atoms with Gasteiger partial charge >= 0.3 is 0 Å². The fourth-order valence-corrected chi connectivity index (χ4v) is 2.41. The van der Waals surface area contributed by atoms with Crippen molar-refractivity contribution in [1.29, 1.82) is 0 Å². The van der Waals surface area contributed by atoms with Crippen molar-refractivity contribution in [1.82, 2.24) is 5.32 Å². The monoisotopic (exact) mass is 268 g/mol. The highest BCUT2D eigenvalue weighted by Crippen LogP contribution is 2.26. The summed E-state index contributed by atoms with van der Waals surface area (Å²) in [5.41, 5.74) is 2.22. The molecule has 0 radical (unpaired) electrons. The molecule has 1 atom stereocenters. The van der Waals surface area contributed by atoms with Gasteiger partial charge in [0.25, 0.3) is 0 Å². The SMILES string of the molecule is CC(C)NCc1ccc(N2CCC(O)C2)cc1Cl. The van der Waals surface area contributed by atoms with Gasteiger partial charge in [0.15, 0.2) is 0 Å². The molecule has 0 saturated carbocycles. The topological polar surface area (TPSA) is 35.5 Å². The van der Waals surface area contributed by atoms with E-state index < -0.39 is 0 Å². The van der Waals surface area contributed by atoms with Crippen LogP contribution in [0, 0.1) is 0 Å².